The third-order valence-corrected chi connectivity index (χ3v) is 1.42. The van der Waals surface area contributed by atoms with Gasteiger partial charge in [-0.1, -0.05) is 0 Å². The molecule has 0 amide bonds. The summed E-state index contributed by atoms with van der Waals surface area (Å²) >= 11 is 1.86. The van der Waals surface area contributed by atoms with Crippen molar-refractivity contribution in [3.63, 3.8) is 0 Å². The van der Waals surface area contributed by atoms with E-state index in [0.717, 1.165) is 12.3 Å². The van der Waals surface area contributed by atoms with Crippen LogP contribution in [0.25, 0.3) is 0 Å². The molecule has 0 aromatic heterocycles. The van der Waals surface area contributed by atoms with Crippen molar-refractivity contribution in [1.82, 2.24) is 5.32 Å². The molecule has 1 radical (unpaired) electrons. The van der Waals surface area contributed by atoms with Crippen molar-refractivity contribution in [3.8, 4) is 0 Å². The van der Waals surface area contributed by atoms with Gasteiger partial charge < -0.3 is 5.32 Å². The standard InChI is InChI=1S/C5H12NS/c1-3-7-5-4-6-2/h6H,1,3-5H2,2H3. The average Bonchev–Trinajstić information content (AvgIpc) is 1.69. The van der Waals surface area contributed by atoms with Crippen LogP contribution >= 0.6 is 11.8 Å². The maximum absolute atomic E-state index is 3.69. The van der Waals surface area contributed by atoms with Crippen molar-refractivity contribution in [2.45, 2.75) is 0 Å². The van der Waals surface area contributed by atoms with E-state index in [-0.39, 0.29) is 0 Å². The number of rotatable bonds is 4. The van der Waals surface area contributed by atoms with Gasteiger partial charge in [0, 0.05) is 12.3 Å². The molecule has 0 fully saturated rings. The lowest BCUT2D eigenvalue weighted by molar-refractivity contribution is 0.872. The maximum Gasteiger partial charge on any atom is 0.00579 e. The topological polar surface area (TPSA) is 12.0 Å². The molecule has 0 aliphatic rings. The molecule has 0 spiro atoms. The Labute approximate surface area is 49.9 Å². The van der Waals surface area contributed by atoms with Crippen molar-refractivity contribution in [2.75, 3.05) is 25.1 Å². The summed E-state index contributed by atoms with van der Waals surface area (Å²) in [6.45, 7) is 4.79. The Morgan fingerprint density at radius 1 is 1.71 bits per heavy atom. The summed E-state index contributed by atoms with van der Waals surface area (Å²) in [6.07, 6.45) is 0. The minimum atomic E-state index is 0.988. The van der Waals surface area contributed by atoms with Crippen LogP contribution in [0.4, 0.5) is 0 Å². The third-order valence-electron chi connectivity index (χ3n) is 0.641. The number of nitrogens with one attached hydrogen (secondary N) is 1. The highest BCUT2D eigenvalue weighted by Gasteiger charge is 1.78. The molecule has 43 valence electrons. The summed E-state index contributed by atoms with van der Waals surface area (Å²) in [5, 5.41) is 3.05. The molecule has 0 aliphatic carbocycles. The van der Waals surface area contributed by atoms with Gasteiger partial charge in [0.1, 0.15) is 0 Å². The van der Waals surface area contributed by atoms with E-state index >= 15 is 0 Å². The maximum atomic E-state index is 3.69. The highest BCUT2D eigenvalue weighted by atomic mass is 32.2. The first-order chi connectivity index (χ1) is 3.41. The van der Waals surface area contributed by atoms with Gasteiger partial charge in [0.2, 0.25) is 0 Å². The fourth-order valence-corrected chi connectivity index (χ4v) is 0.829. The molecule has 2 heteroatoms. The Bertz CT molecular complexity index is 27.3. The SMILES string of the molecule is [CH2]CSCCNC. The molecular formula is C5H12NS. The smallest absolute Gasteiger partial charge is 0.00579 e. The summed E-state index contributed by atoms with van der Waals surface area (Å²) in [4.78, 5) is 0. The van der Waals surface area contributed by atoms with Crippen LogP contribution in [-0.4, -0.2) is 25.1 Å². The normalized spacial score (nSPS) is 9.43. The highest BCUT2D eigenvalue weighted by molar-refractivity contribution is 7.99. The van der Waals surface area contributed by atoms with Crippen molar-refractivity contribution in [3.05, 3.63) is 6.92 Å². The van der Waals surface area contributed by atoms with Crippen LogP contribution in [-0.2, 0) is 0 Å². The molecule has 0 aliphatic heterocycles. The van der Waals surface area contributed by atoms with Crippen LogP contribution in [0, 0.1) is 6.92 Å². The highest BCUT2D eigenvalue weighted by Crippen LogP contribution is 1.93. The lowest BCUT2D eigenvalue weighted by Gasteiger charge is -1.93. The molecule has 0 unspecified atom stereocenters. The molecular weight excluding hydrogens is 106 g/mol. The van der Waals surface area contributed by atoms with E-state index in [1.165, 1.54) is 5.75 Å². The molecule has 1 N–H and O–H groups in total. The van der Waals surface area contributed by atoms with Crippen molar-refractivity contribution in [2.24, 2.45) is 0 Å². The zero-order chi connectivity index (χ0) is 5.54. The van der Waals surface area contributed by atoms with Gasteiger partial charge in [-0.3, -0.25) is 0 Å². The van der Waals surface area contributed by atoms with E-state index in [1.54, 1.807) is 0 Å². The molecule has 1 nitrogen and oxygen atoms in total. The van der Waals surface area contributed by atoms with Crippen molar-refractivity contribution < 1.29 is 0 Å². The first kappa shape index (κ1) is 7.31. The van der Waals surface area contributed by atoms with Crippen LogP contribution in [0.2, 0.25) is 0 Å². The van der Waals surface area contributed by atoms with Crippen molar-refractivity contribution >= 4 is 11.8 Å². The monoisotopic (exact) mass is 118 g/mol. The summed E-state index contributed by atoms with van der Waals surface area (Å²) in [6, 6.07) is 0. The third kappa shape index (κ3) is 6.31. The van der Waals surface area contributed by atoms with Crippen molar-refractivity contribution in [1.29, 1.82) is 0 Å². The Hall–Kier alpha value is 0.310. The van der Waals surface area contributed by atoms with Crippen LogP contribution in [0.3, 0.4) is 0 Å². The lowest BCUT2D eigenvalue weighted by atomic mass is 10.8. The van der Waals surface area contributed by atoms with Crippen LogP contribution < -0.4 is 5.32 Å². The van der Waals surface area contributed by atoms with Gasteiger partial charge in [-0.15, -0.1) is 0 Å². The Kier molecular flexibility index (Phi) is 6.59. The lowest BCUT2D eigenvalue weighted by Crippen LogP contribution is -2.09. The number of hydrogen-bond acceptors (Lipinski definition) is 2. The zero-order valence-electron chi connectivity index (χ0n) is 4.74. The largest absolute Gasteiger partial charge is 0.319 e. The second kappa shape index (κ2) is 6.31. The van der Waals surface area contributed by atoms with Gasteiger partial charge in [-0.2, -0.15) is 11.8 Å². The second-order valence-electron chi connectivity index (χ2n) is 1.22. The Morgan fingerprint density at radius 2 is 2.43 bits per heavy atom. The van der Waals surface area contributed by atoms with E-state index in [2.05, 4.69) is 12.2 Å². The van der Waals surface area contributed by atoms with E-state index < -0.39 is 0 Å². The molecule has 0 bridgehead atoms. The van der Waals surface area contributed by atoms with Gasteiger partial charge in [-0.25, -0.2) is 0 Å². The predicted molar refractivity (Wildman–Crippen MR) is 36.6 cm³/mol. The number of thioether (sulfide) groups is 1. The van der Waals surface area contributed by atoms with Gasteiger partial charge in [0.05, 0.1) is 0 Å². The van der Waals surface area contributed by atoms with E-state index in [9.17, 15) is 0 Å². The molecule has 0 atom stereocenters. The minimum Gasteiger partial charge on any atom is -0.319 e. The predicted octanol–water partition coefficient (Wildman–Crippen LogP) is 0.773. The van der Waals surface area contributed by atoms with Gasteiger partial charge >= 0.3 is 0 Å². The molecule has 0 saturated carbocycles. The average molecular weight is 118 g/mol. The molecule has 7 heavy (non-hydrogen) atoms. The first-order valence-electron chi connectivity index (χ1n) is 2.43. The Morgan fingerprint density at radius 3 is 2.86 bits per heavy atom. The van der Waals surface area contributed by atoms with Gasteiger partial charge in [-0.05, 0) is 19.7 Å². The van der Waals surface area contributed by atoms with Gasteiger partial charge in [0.25, 0.3) is 0 Å². The van der Waals surface area contributed by atoms with Crippen LogP contribution in [0.15, 0.2) is 0 Å². The fourth-order valence-electron chi connectivity index (χ4n) is 0.276. The van der Waals surface area contributed by atoms with E-state index in [0.29, 0.717) is 0 Å². The Balaban J connectivity index is 2.45. The van der Waals surface area contributed by atoms with Crippen LogP contribution in [0.5, 0.6) is 0 Å². The summed E-state index contributed by atoms with van der Waals surface area (Å²) < 4.78 is 0. The van der Waals surface area contributed by atoms with Gasteiger partial charge in [0.15, 0.2) is 0 Å². The molecule has 0 aromatic rings. The summed E-state index contributed by atoms with van der Waals surface area (Å²) in [5.74, 6) is 2.17. The van der Waals surface area contributed by atoms with E-state index in [4.69, 9.17) is 0 Å². The number of hydrogen-bond donors (Lipinski definition) is 1. The molecule has 0 rings (SSSR count). The first-order valence-corrected chi connectivity index (χ1v) is 3.59. The quantitative estimate of drug-likeness (QED) is 0.547. The van der Waals surface area contributed by atoms with Crippen LogP contribution in [0.1, 0.15) is 0 Å². The molecule has 0 aromatic carbocycles. The fraction of sp³-hybridized carbons (Fsp3) is 0.800. The molecule has 0 heterocycles. The summed E-state index contributed by atoms with van der Waals surface area (Å²) in [7, 11) is 1.96. The molecule has 0 saturated heterocycles. The second-order valence-corrected chi connectivity index (χ2v) is 2.44. The zero-order valence-corrected chi connectivity index (χ0v) is 5.55. The minimum absolute atomic E-state index is 0.988. The van der Waals surface area contributed by atoms with E-state index in [1.807, 2.05) is 18.8 Å². The summed E-state index contributed by atoms with van der Waals surface area (Å²) in [5.41, 5.74) is 0.